The maximum absolute atomic E-state index is 12.1. The first-order chi connectivity index (χ1) is 10.7. The van der Waals surface area contributed by atoms with E-state index in [9.17, 15) is 13.2 Å². The summed E-state index contributed by atoms with van der Waals surface area (Å²) >= 11 is 5.71. The predicted molar refractivity (Wildman–Crippen MR) is 86.5 cm³/mol. The number of amidine groups is 1. The Balaban J connectivity index is 0.000000231. The number of nitrogen functional groups attached to an aromatic ring is 1. The Hall–Kier alpha value is -2.34. The van der Waals surface area contributed by atoms with Crippen molar-refractivity contribution >= 4 is 23.5 Å². The van der Waals surface area contributed by atoms with Crippen LogP contribution < -0.4 is 5.73 Å². The molecule has 0 spiro atoms. The molecule has 1 heterocycles. The zero-order chi connectivity index (χ0) is 17.6. The highest BCUT2D eigenvalue weighted by Gasteiger charge is 2.32. The smallest absolute Gasteiger partial charge is 0.384 e. The molecule has 1 aromatic carbocycles. The van der Waals surface area contributed by atoms with Crippen molar-refractivity contribution in [2.24, 2.45) is 5.73 Å². The zero-order valence-corrected chi connectivity index (χ0v) is 13.0. The van der Waals surface area contributed by atoms with Crippen molar-refractivity contribution in [3.63, 3.8) is 0 Å². The van der Waals surface area contributed by atoms with Crippen LogP contribution in [0.3, 0.4) is 0 Å². The molecule has 23 heavy (non-hydrogen) atoms. The molecule has 0 amide bonds. The van der Waals surface area contributed by atoms with Gasteiger partial charge in [-0.25, -0.2) is 0 Å². The SMILES string of the molecule is C=Cc1ncccc1C(F)(F)F.Cc1ccc(Cl)cc1C(=N)N. The number of nitrogens with one attached hydrogen (secondary N) is 1. The van der Waals surface area contributed by atoms with E-state index >= 15 is 0 Å². The highest BCUT2D eigenvalue weighted by molar-refractivity contribution is 6.31. The summed E-state index contributed by atoms with van der Waals surface area (Å²) in [5, 5.41) is 7.80. The third kappa shape index (κ3) is 5.41. The molecule has 122 valence electrons. The first-order valence-electron chi connectivity index (χ1n) is 6.42. The summed E-state index contributed by atoms with van der Waals surface area (Å²) in [5.74, 6) is 0.0602. The number of benzene rings is 1. The summed E-state index contributed by atoms with van der Waals surface area (Å²) in [7, 11) is 0. The standard InChI is InChI=1S/C8H9ClN2.C8H6F3N/c1-5-2-3-6(9)4-7(5)8(10)11;1-2-7-6(8(9,10)11)4-3-5-12-7/h2-4H,1H3,(H3,10,11);2-5H,1H2. The highest BCUT2D eigenvalue weighted by atomic mass is 35.5. The number of rotatable bonds is 2. The number of nitrogens with two attached hydrogens (primary N) is 1. The van der Waals surface area contributed by atoms with E-state index in [2.05, 4.69) is 11.6 Å². The third-order valence-electron chi connectivity index (χ3n) is 2.83. The molecule has 0 fully saturated rings. The van der Waals surface area contributed by atoms with Crippen LogP contribution in [0.1, 0.15) is 22.4 Å². The molecule has 3 nitrogen and oxygen atoms in total. The summed E-state index contributed by atoms with van der Waals surface area (Å²) in [5.41, 5.74) is 6.10. The number of halogens is 4. The fourth-order valence-electron chi connectivity index (χ4n) is 1.70. The van der Waals surface area contributed by atoms with Crippen molar-refractivity contribution in [1.82, 2.24) is 4.98 Å². The molecule has 0 atom stereocenters. The molecule has 0 aliphatic heterocycles. The van der Waals surface area contributed by atoms with Gasteiger partial charge >= 0.3 is 6.18 Å². The number of aryl methyl sites for hydroxylation is 1. The lowest BCUT2D eigenvalue weighted by Crippen LogP contribution is -2.12. The fraction of sp³-hybridized carbons (Fsp3) is 0.125. The Kier molecular flexibility index (Phi) is 6.33. The van der Waals surface area contributed by atoms with Gasteiger partial charge in [-0.1, -0.05) is 24.2 Å². The molecule has 0 saturated carbocycles. The van der Waals surface area contributed by atoms with Crippen molar-refractivity contribution in [2.45, 2.75) is 13.1 Å². The van der Waals surface area contributed by atoms with Gasteiger partial charge in [0, 0.05) is 16.8 Å². The summed E-state index contributed by atoms with van der Waals surface area (Å²) in [6, 6.07) is 7.54. The van der Waals surface area contributed by atoms with E-state index < -0.39 is 11.7 Å². The predicted octanol–water partition coefficient (Wildman–Crippen LogP) is 4.68. The average molecular weight is 342 g/mol. The van der Waals surface area contributed by atoms with Crippen LogP contribution in [-0.4, -0.2) is 10.8 Å². The van der Waals surface area contributed by atoms with Gasteiger partial charge < -0.3 is 5.73 Å². The van der Waals surface area contributed by atoms with Crippen LogP contribution >= 0.6 is 11.6 Å². The molecule has 1 aromatic heterocycles. The molecule has 0 aliphatic rings. The Morgan fingerprint density at radius 1 is 1.35 bits per heavy atom. The normalized spacial score (nSPS) is 10.5. The highest BCUT2D eigenvalue weighted by Crippen LogP contribution is 2.31. The number of hydrogen-bond donors (Lipinski definition) is 2. The van der Waals surface area contributed by atoms with E-state index in [-0.39, 0.29) is 11.5 Å². The zero-order valence-electron chi connectivity index (χ0n) is 12.3. The molecular formula is C16H15ClF3N3. The molecule has 0 bridgehead atoms. The number of pyridine rings is 1. The molecular weight excluding hydrogens is 327 g/mol. The number of nitrogens with zero attached hydrogens (tertiary/aromatic N) is 1. The third-order valence-corrected chi connectivity index (χ3v) is 3.06. The second-order valence-electron chi connectivity index (χ2n) is 4.51. The van der Waals surface area contributed by atoms with Crippen LogP contribution in [-0.2, 0) is 6.18 Å². The van der Waals surface area contributed by atoms with E-state index in [1.165, 1.54) is 12.3 Å². The topological polar surface area (TPSA) is 62.8 Å². The summed E-state index contributed by atoms with van der Waals surface area (Å²) in [6.45, 7) is 5.14. The van der Waals surface area contributed by atoms with Gasteiger partial charge in [-0.05, 0) is 42.8 Å². The molecule has 0 saturated heterocycles. The fourth-order valence-corrected chi connectivity index (χ4v) is 1.88. The monoisotopic (exact) mass is 341 g/mol. The summed E-state index contributed by atoms with van der Waals surface area (Å²) < 4.78 is 36.4. The van der Waals surface area contributed by atoms with Gasteiger partial charge in [0.2, 0.25) is 0 Å². The van der Waals surface area contributed by atoms with Crippen molar-refractivity contribution in [2.75, 3.05) is 0 Å². The van der Waals surface area contributed by atoms with E-state index in [1.807, 2.05) is 13.0 Å². The van der Waals surface area contributed by atoms with Gasteiger partial charge in [-0.2, -0.15) is 13.2 Å². The Bertz CT molecular complexity index is 712. The van der Waals surface area contributed by atoms with E-state index in [1.54, 1.807) is 12.1 Å². The summed E-state index contributed by atoms with van der Waals surface area (Å²) in [4.78, 5) is 3.53. The van der Waals surface area contributed by atoms with Gasteiger partial charge in [0.1, 0.15) is 5.84 Å². The molecule has 0 unspecified atom stereocenters. The van der Waals surface area contributed by atoms with Crippen LogP contribution in [0.15, 0.2) is 43.1 Å². The van der Waals surface area contributed by atoms with E-state index in [0.29, 0.717) is 10.6 Å². The minimum Gasteiger partial charge on any atom is -0.384 e. The van der Waals surface area contributed by atoms with E-state index in [0.717, 1.165) is 17.7 Å². The van der Waals surface area contributed by atoms with Crippen LogP contribution in [0.25, 0.3) is 6.08 Å². The maximum Gasteiger partial charge on any atom is 0.418 e. The van der Waals surface area contributed by atoms with Crippen molar-refractivity contribution in [1.29, 1.82) is 5.41 Å². The average Bonchev–Trinajstić information content (AvgIpc) is 2.49. The number of alkyl halides is 3. The van der Waals surface area contributed by atoms with Crippen molar-refractivity contribution < 1.29 is 13.2 Å². The second-order valence-corrected chi connectivity index (χ2v) is 4.95. The maximum atomic E-state index is 12.1. The van der Waals surface area contributed by atoms with Gasteiger partial charge in [0.15, 0.2) is 0 Å². The van der Waals surface area contributed by atoms with Crippen LogP contribution in [0.4, 0.5) is 13.2 Å². The van der Waals surface area contributed by atoms with Gasteiger partial charge in [0.05, 0.1) is 11.3 Å². The molecule has 7 heteroatoms. The lowest BCUT2D eigenvalue weighted by atomic mass is 10.1. The first kappa shape index (κ1) is 18.7. The van der Waals surface area contributed by atoms with Crippen LogP contribution in [0.5, 0.6) is 0 Å². The van der Waals surface area contributed by atoms with Crippen molar-refractivity contribution in [3.05, 3.63) is 70.5 Å². The minimum absolute atomic E-state index is 0.0602. The largest absolute Gasteiger partial charge is 0.418 e. The van der Waals surface area contributed by atoms with Gasteiger partial charge in [0.25, 0.3) is 0 Å². The molecule has 0 aliphatic carbocycles. The number of aromatic nitrogens is 1. The minimum atomic E-state index is -4.35. The van der Waals surface area contributed by atoms with Gasteiger partial charge in [-0.3, -0.25) is 10.4 Å². The van der Waals surface area contributed by atoms with Crippen LogP contribution in [0, 0.1) is 12.3 Å². The lowest BCUT2D eigenvalue weighted by Gasteiger charge is -2.07. The molecule has 0 radical (unpaired) electrons. The quantitative estimate of drug-likeness (QED) is 0.615. The van der Waals surface area contributed by atoms with Gasteiger partial charge in [-0.15, -0.1) is 0 Å². The molecule has 2 rings (SSSR count). The molecule has 2 aromatic rings. The van der Waals surface area contributed by atoms with Crippen molar-refractivity contribution in [3.8, 4) is 0 Å². The Morgan fingerprint density at radius 3 is 2.43 bits per heavy atom. The Morgan fingerprint density at radius 2 is 2.00 bits per heavy atom. The Labute approximate surface area is 137 Å². The van der Waals surface area contributed by atoms with E-state index in [4.69, 9.17) is 22.7 Å². The summed E-state index contributed by atoms with van der Waals surface area (Å²) in [6.07, 6.45) is -1.97. The second kappa shape index (κ2) is 7.78. The number of hydrogen-bond acceptors (Lipinski definition) is 2. The lowest BCUT2D eigenvalue weighted by molar-refractivity contribution is -0.138. The molecule has 3 N–H and O–H groups in total. The first-order valence-corrected chi connectivity index (χ1v) is 6.79. The van der Waals surface area contributed by atoms with Crippen LogP contribution in [0.2, 0.25) is 5.02 Å².